The van der Waals surface area contributed by atoms with Gasteiger partial charge in [0.25, 0.3) is 5.91 Å². The standard InChI is InChI=1S/C18H18ClN3O4S/c1-25-14-6-2-12(3-7-14)10-16(23)21-22-18(27)20-17(24)11-26-15-8-4-13(19)5-9-15/h2-9H,10-11H2,1H3,(H,21,23)(H2,20,22,24,27). The van der Waals surface area contributed by atoms with Gasteiger partial charge in [-0.3, -0.25) is 25.8 Å². The lowest BCUT2D eigenvalue weighted by Crippen LogP contribution is -2.49. The molecule has 142 valence electrons. The van der Waals surface area contributed by atoms with Gasteiger partial charge in [-0.1, -0.05) is 23.7 Å². The van der Waals surface area contributed by atoms with Crippen LogP contribution < -0.4 is 25.6 Å². The first kappa shape index (κ1) is 20.5. The molecule has 3 N–H and O–H groups in total. The number of rotatable bonds is 6. The van der Waals surface area contributed by atoms with Crippen molar-refractivity contribution < 1.29 is 19.1 Å². The molecule has 9 heteroatoms. The highest BCUT2D eigenvalue weighted by Crippen LogP contribution is 2.15. The number of carbonyl (C=O) groups is 2. The van der Waals surface area contributed by atoms with Gasteiger partial charge >= 0.3 is 0 Å². The average Bonchev–Trinajstić information content (AvgIpc) is 2.66. The SMILES string of the molecule is COc1ccc(CC(=O)NNC(=S)NC(=O)COc2ccc(Cl)cc2)cc1. The topological polar surface area (TPSA) is 88.7 Å². The molecule has 0 radical (unpaired) electrons. The molecule has 0 heterocycles. The highest BCUT2D eigenvalue weighted by Gasteiger charge is 2.08. The van der Waals surface area contributed by atoms with Crippen LogP contribution in [0.1, 0.15) is 5.56 Å². The van der Waals surface area contributed by atoms with E-state index < -0.39 is 5.91 Å². The molecule has 7 nitrogen and oxygen atoms in total. The van der Waals surface area contributed by atoms with E-state index >= 15 is 0 Å². The van der Waals surface area contributed by atoms with Crippen molar-refractivity contribution in [2.45, 2.75) is 6.42 Å². The number of amides is 2. The molecule has 2 rings (SSSR count). The molecule has 0 aliphatic heterocycles. The van der Waals surface area contributed by atoms with Crippen molar-refractivity contribution >= 4 is 40.7 Å². The first-order chi connectivity index (χ1) is 13.0. The van der Waals surface area contributed by atoms with E-state index in [0.29, 0.717) is 16.5 Å². The molecule has 2 aromatic carbocycles. The molecule has 27 heavy (non-hydrogen) atoms. The molecule has 0 saturated carbocycles. The number of hydrogen-bond acceptors (Lipinski definition) is 5. The van der Waals surface area contributed by atoms with E-state index in [1.807, 2.05) is 0 Å². The van der Waals surface area contributed by atoms with Crippen LogP contribution in [0.4, 0.5) is 0 Å². The molecule has 0 fully saturated rings. The molecule has 0 bridgehead atoms. The third-order valence-electron chi connectivity index (χ3n) is 3.28. The Labute approximate surface area is 167 Å². The van der Waals surface area contributed by atoms with Crippen molar-refractivity contribution in [2.24, 2.45) is 0 Å². The minimum atomic E-state index is -0.466. The number of ether oxygens (including phenoxy) is 2. The quantitative estimate of drug-likeness (QED) is 0.501. The molecule has 2 aromatic rings. The lowest BCUT2D eigenvalue weighted by Gasteiger charge is -2.11. The minimum absolute atomic E-state index is 0.0391. The minimum Gasteiger partial charge on any atom is -0.497 e. The number of hydrazine groups is 1. The van der Waals surface area contributed by atoms with E-state index in [9.17, 15) is 9.59 Å². The molecule has 0 spiro atoms. The van der Waals surface area contributed by atoms with Gasteiger partial charge < -0.3 is 9.47 Å². The van der Waals surface area contributed by atoms with E-state index in [-0.39, 0.29) is 24.0 Å². The van der Waals surface area contributed by atoms with Gasteiger partial charge in [0.05, 0.1) is 13.5 Å². The maximum Gasteiger partial charge on any atom is 0.264 e. The highest BCUT2D eigenvalue weighted by molar-refractivity contribution is 7.80. The number of thiocarbonyl (C=S) groups is 1. The molecule has 0 saturated heterocycles. The van der Waals surface area contributed by atoms with Gasteiger partial charge in [-0.2, -0.15) is 0 Å². The van der Waals surface area contributed by atoms with Gasteiger partial charge in [0.2, 0.25) is 5.91 Å². The molecule has 0 aliphatic rings. The Morgan fingerprint density at radius 2 is 1.59 bits per heavy atom. The molecular weight excluding hydrogens is 390 g/mol. The van der Waals surface area contributed by atoms with E-state index in [4.69, 9.17) is 33.3 Å². The summed E-state index contributed by atoms with van der Waals surface area (Å²) < 4.78 is 10.3. The zero-order valence-electron chi connectivity index (χ0n) is 14.5. The first-order valence-corrected chi connectivity index (χ1v) is 8.65. The van der Waals surface area contributed by atoms with Crippen LogP contribution in [-0.4, -0.2) is 30.6 Å². The summed E-state index contributed by atoms with van der Waals surface area (Å²) in [6.07, 6.45) is 0.146. The van der Waals surface area contributed by atoms with Crippen LogP contribution in [0.15, 0.2) is 48.5 Å². The summed E-state index contributed by atoms with van der Waals surface area (Å²) >= 11 is 10.7. The van der Waals surface area contributed by atoms with Crippen LogP contribution in [-0.2, 0) is 16.0 Å². The Morgan fingerprint density at radius 1 is 0.963 bits per heavy atom. The van der Waals surface area contributed by atoms with E-state index in [1.165, 1.54) is 0 Å². The first-order valence-electron chi connectivity index (χ1n) is 7.86. The summed E-state index contributed by atoms with van der Waals surface area (Å²) in [7, 11) is 1.57. The third kappa shape index (κ3) is 7.51. The summed E-state index contributed by atoms with van der Waals surface area (Å²) in [5, 5.41) is 2.93. The maximum atomic E-state index is 11.9. The van der Waals surface area contributed by atoms with Gasteiger partial charge in [-0.15, -0.1) is 0 Å². The molecule has 2 amide bonds. The summed E-state index contributed by atoms with van der Waals surface area (Å²) in [5.74, 6) is 0.434. The van der Waals surface area contributed by atoms with Gasteiger partial charge in [0.15, 0.2) is 11.7 Å². The lowest BCUT2D eigenvalue weighted by atomic mass is 10.1. The van der Waals surface area contributed by atoms with Crippen LogP contribution >= 0.6 is 23.8 Å². The van der Waals surface area contributed by atoms with Crippen LogP contribution in [0.3, 0.4) is 0 Å². The van der Waals surface area contributed by atoms with Crippen LogP contribution in [0, 0.1) is 0 Å². The third-order valence-corrected chi connectivity index (χ3v) is 3.73. The second-order valence-corrected chi connectivity index (χ2v) is 6.16. The fraction of sp³-hybridized carbons (Fsp3) is 0.167. The second kappa shape index (κ2) is 10.3. The van der Waals surface area contributed by atoms with E-state index in [2.05, 4.69) is 16.2 Å². The molecular formula is C18H18ClN3O4S. The number of benzene rings is 2. The molecule has 0 aromatic heterocycles. The summed E-state index contributed by atoms with van der Waals surface area (Å²) in [5.41, 5.74) is 5.68. The second-order valence-electron chi connectivity index (χ2n) is 5.32. The van der Waals surface area contributed by atoms with Crippen molar-refractivity contribution in [1.29, 1.82) is 0 Å². The van der Waals surface area contributed by atoms with Gasteiger partial charge in [0, 0.05) is 5.02 Å². The van der Waals surface area contributed by atoms with Gasteiger partial charge in [0.1, 0.15) is 11.5 Å². The lowest BCUT2D eigenvalue weighted by molar-refractivity contribution is -0.122. The molecule has 0 aliphatic carbocycles. The zero-order valence-corrected chi connectivity index (χ0v) is 16.0. The number of nitrogens with one attached hydrogen (secondary N) is 3. The molecule has 0 unspecified atom stereocenters. The predicted molar refractivity (Wildman–Crippen MR) is 106 cm³/mol. The summed E-state index contributed by atoms with van der Waals surface area (Å²) in [4.78, 5) is 23.7. The number of halogens is 1. The summed E-state index contributed by atoms with van der Waals surface area (Å²) in [6.45, 7) is -0.233. The normalized spacial score (nSPS) is 9.85. The summed E-state index contributed by atoms with van der Waals surface area (Å²) in [6, 6.07) is 13.7. The van der Waals surface area contributed by atoms with Gasteiger partial charge in [-0.25, -0.2) is 0 Å². The predicted octanol–water partition coefficient (Wildman–Crippen LogP) is 1.99. The monoisotopic (exact) mass is 407 g/mol. The van der Waals surface area contributed by atoms with Crippen molar-refractivity contribution in [3.05, 3.63) is 59.1 Å². The van der Waals surface area contributed by atoms with Crippen molar-refractivity contribution in [3.8, 4) is 11.5 Å². The van der Waals surface area contributed by atoms with E-state index in [1.54, 1.807) is 55.6 Å². The van der Waals surface area contributed by atoms with Crippen LogP contribution in [0.5, 0.6) is 11.5 Å². The van der Waals surface area contributed by atoms with Crippen LogP contribution in [0.25, 0.3) is 0 Å². The Kier molecular flexibility index (Phi) is 7.84. The van der Waals surface area contributed by atoms with Crippen molar-refractivity contribution in [3.63, 3.8) is 0 Å². The Morgan fingerprint density at radius 3 is 2.22 bits per heavy atom. The Balaban J connectivity index is 1.67. The zero-order chi connectivity index (χ0) is 19.6. The fourth-order valence-electron chi connectivity index (χ4n) is 1.97. The average molecular weight is 408 g/mol. The largest absolute Gasteiger partial charge is 0.497 e. The number of methoxy groups -OCH3 is 1. The Bertz CT molecular complexity index is 797. The van der Waals surface area contributed by atoms with Crippen LogP contribution in [0.2, 0.25) is 5.02 Å². The molecule has 0 atom stereocenters. The van der Waals surface area contributed by atoms with Crippen molar-refractivity contribution in [1.82, 2.24) is 16.2 Å². The maximum absolute atomic E-state index is 11.9. The Hall–Kier alpha value is -2.84. The smallest absolute Gasteiger partial charge is 0.264 e. The fourth-order valence-corrected chi connectivity index (χ4v) is 2.26. The number of carbonyl (C=O) groups excluding carboxylic acids is 2. The number of hydrogen-bond donors (Lipinski definition) is 3. The van der Waals surface area contributed by atoms with Crippen molar-refractivity contribution in [2.75, 3.05) is 13.7 Å². The highest BCUT2D eigenvalue weighted by atomic mass is 35.5. The van der Waals surface area contributed by atoms with E-state index in [0.717, 1.165) is 5.56 Å². The van der Waals surface area contributed by atoms with Gasteiger partial charge in [-0.05, 0) is 54.2 Å².